The number of anilines is 2. The standard InChI is InChI=1S/C22H23N3O4/c1-29-19-10-8-14(12-18(19)23)24-20(26)13-7-9-16-17(11-13)22(28)25(21(16)27)15-5-3-2-4-6-15/h7-12,15H,2-6,23H2,1H3,(H,24,26). The number of methoxy groups -OCH3 is 1. The molecule has 2 aliphatic rings. The van der Waals surface area contributed by atoms with Gasteiger partial charge in [0.25, 0.3) is 17.7 Å². The van der Waals surface area contributed by atoms with Crippen LogP contribution in [0.4, 0.5) is 11.4 Å². The summed E-state index contributed by atoms with van der Waals surface area (Å²) in [6, 6.07) is 9.53. The predicted molar refractivity (Wildman–Crippen MR) is 109 cm³/mol. The fourth-order valence-corrected chi connectivity index (χ4v) is 4.09. The summed E-state index contributed by atoms with van der Waals surface area (Å²) in [5.41, 5.74) is 7.77. The highest BCUT2D eigenvalue weighted by atomic mass is 16.5. The number of imide groups is 1. The molecular formula is C22H23N3O4. The van der Waals surface area contributed by atoms with Crippen LogP contribution in [0.2, 0.25) is 0 Å². The van der Waals surface area contributed by atoms with Gasteiger partial charge in [0.1, 0.15) is 5.75 Å². The number of fused-ring (bicyclic) bond motifs is 1. The molecule has 0 unspecified atom stereocenters. The van der Waals surface area contributed by atoms with Gasteiger partial charge < -0.3 is 15.8 Å². The average molecular weight is 393 g/mol. The number of hydrogen-bond donors (Lipinski definition) is 2. The zero-order chi connectivity index (χ0) is 20.5. The lowest BCUT2D eigenvalue weighted by atomic mass is 9.94. The molecule has 3 N–H and O–H groups in total. The van der Waals surface area contributed by atoms with E-state index in [4.69, 9.17) is 10.5 Å². The summed E-state index contributed by atoms with van der Waals surface area (Å²) in [5, 5.41) is 2.76. The number of hydrogen-bond acceptors (Lipinski definition) is 5. The second kappa shape index (κ2) is 7.58. The Morgan fingerprint density at radius 2 is 1.76 bits per heavy atom. The molecule has 7 nitrogen and oxygen atoms in total. The lowest BCUT2D eigenvalue weighted by Crippen LogP contribution is -2.40. The fourth-order valence-electron chi connectivity index (χ4n) is 4.09. The molecule has 7 heteroatoms. The number of rotatable bonds is 4. The van der Waals surface area contributed by atoms with Crippen molar-refractivity contribution in [1.82, 2.24) is 4.90 Å². The lowest BCUT2D eigenvalue weighted by molar-refractivity contribution is 0.0549. The molecule has 1 saturated carbocycles. The maximum absolute atomic E-state index is 12.9. The van der Waals surface area contributed by atoms with Crippen molar-refractivity contribution in [2.45, 2.75) is 38.1 Å². The minimum absolute atomic E-state index is 0.0456. The summed E-state index contributed by atoms with van der Waals surface area (Å²) in [7, 11) is 1.52. The number of ether oxygens (including phenoxy) is 1. The van der Waals surface area contributed by atoms with E-state index in [0.717, 1.165) is 32.1 Å². The number of nitrogens with zero attached hydrogens (tertiary/aromatic N) is 1. The first-order chi connectivity index (χ1) is 14.0. The number of nitrogens with one attached hydrogen (secondary N) is 1. The average Bonchev–Trinajstić information content (AvgIpc) is 2.98. The summed E-state index contributed by atoms with van der Waals surface area (Å²) < 4.78 is 5.11. The Balaban J connectivity index is 1.55. The third-order valence-electron chi connectivity index (χ3n) is 5.61. The van der Waals surface area contributed by atoms with E-state index in [2.05, 4.69) is 5.32 Å². The number of nitrogens with two attached hydrogens (primary N) is 1. The molecule has 4 rings (SSSR count). The van der Waals surface area contributed by atoms with Crippen LogP contribution in [0.25, 0.3) is 0 Å². The van der Waals surface area contributed by atoms with E-state index >= 15 is 0 Å². The van der Waals surface area contributed by atoms with Crippen molar-refractivity contribution < 1.29 is 19.1 Å². The normalized spacial score (nSPS) is 16.7. The van der Waals surface area contributed by atoms with Gasteiger partial charge in [-0.2, -0.15) is 0 Å². The Morgan fingerprint density at radius 1 is 1.03 bits per heavy atom. The SMILES string of the molecule is COc1ccc(NC(=O)c2ccc3c(c2)C(=O)N(C2CCCCC2)C3=O)cc1N. The largest absolute Gasteiger partial charge is 0.495 e. The second-order valence-electron chi connectivity index (χ2n) is 7.44. The quantitative estimate of drug-likeness (QED) is 0.612. The van der Waals surface area contributed by atoms with Gasteiger partial charge in [-0.3, -0.25) is 19.3 Å². The zero-order valence-corrected chi connectivity index (χ0v) is 16.2. The van der Waals surface area contributed by atoms with Gasteiger partial charge in [0.2, 0.25) is 0 Å². The molecule has 1 aliphatic carbocycles. The van der Waals surface area contributed by atoms with Crippen LogP contribution in [0.3, 0.4) is 0 Å². The highest BCUT2D eigenvalue weighted by molar-refractivity contribution is 6.22. The van der Waals surface area contributed by atoms with Crippen LogP contribution < -0.4 is 15.8 Å². The fraction of sp³-hybridized carbons (Fsp3) is 0.318. The molecule has 2 aromatic carbocycles. The summed E-state index contributed by atoms with van der Waals surface area (Å²) in [5.74, 6) is -0.423. The minimum atomic E-state index is -0.381. The van der Waals surface area contributed by atoms with Gasteiger partial charge in [-0.1, -0.05) is 19.3 Å². The summed E-state index contributed by atoms with van der Waals surface area (Å²) in [6.45, 7) is 0. The number of carbonyl (C=O) groups is 3. The number of amides is 3. The third kappa shape index (κ3) is 3.44. The van der Waals surface area contributed by atoms with Gasteiger partial charge >= 0.3 is 0 Å². The van der Waals surface area contributed by atoms with Crippen molar-refractivity contribution in [1.29, 1.82) is 0 Å². The van der Waals surface area contributed by atoms with Crippen molar-refractivity contribution in [2.75, 3.05) is 18.2 Å². The maximum atomic E-state index is 12.9. The van der Waals surface area contributed by atoms with E-state index in [1.807, 2.05) is 0 Å². The van der Waals surface area contributed by atoms with E-state index < -0.39 is 0 Å². The van der Waals surface area contributed by atoms with Crippen molar-refractivity contribution in [3.05, 3.63) is 53.1 Å². The summed E-state index contributed by atoms with van der Waals surface area (Å²) in [6.07, 6.45) is 4.88. The molecule has 1 aliphatic heterocycles. The first kappa shape index (κ1) is 19.0. The Morgan fingerprint density at radius 3 is 2.45 bits per heavy atom. The molecule has 0 spiro atoms. The van der Waals surface area contributed by atoms with Crippen molar-refractivity contribution in [3.8, 4) is 5.75 Å². The predicted octanol–water partition coefficient (Wildman–Crippen LogP) is 3.46. The molecule has 0 aromatic heterocycles. The molecule has 0 bridgehead atoms. The van der Waals surface area contributed by atoms with Gasteiger partial charge in [0.05, 0.1) is 23.9 Å². The third-order valence-corrected chi connectivity index (χ3v) is 5.61. The van der Waals surface area contributed by atoms with Crippen LogP contribution in [-0.4, -0.2) is 35.8 Å². The van der Waals surface area contributed by atoms with Crippen molar-refractivity contribution >= 4 is 29.1 Å². The maximum Gasteiger partial charge on any atom is 0.261 e. The molecule has 0 atom stereocenters. The first-order valence-electron chi connectivity index (χ1n) is 9.76. The Labute approximate surface area is 168 Å². The molecule has 1 fully saturated rings. The van der Waals surface area contributed by atoms with E-state index in [9.17, 15) is 14.4 Å². The lowest BCUT2D eigenvalue weighted by Gasteiger charge is -2.29. The van der Waals surface area contributed by atoms with Crippen LogP contribution in [0, 0.1) is 0 Å². The first-order valence-corrected chi connectivity index (χ1v) is 9.76. The Bertz CT molecular complexity index is 996. The molecule has 150 valence electrons. The highest BCUT2D eigenvalue weighted by Crippen LogP contribution is 2.32. The summed E-state index contributed by atoms with van der Waals surface area (Å²) in [4.78, 5) is 39.7. The molecule has 29 heavy (non-hydrogen) atoms. The van der Waals surface area contributed by atoms with Crippen LogP contribution in [0.1, 0.15) is 63.2 Å². The second-order valence-corrected chi connectivity index (χ2v) is 7.44. The molecular weight excluding hydrogens is 370 g/mol. The van der Waals surface area contributed by atoms with Crippen LogP contribution >= 0.6 is 0 Å². The van der Waals surface area contributed by atoms with Gasteiger partial charge in [-0.05, 0) is 49.2 Å². The molecule has 1 heterocycles. The molecule has 2 aromatic rings. The van der Waals surface area contributed by atoms with Gasteiger partial charge in [-0.25, -0.2) is 0 Å². The van der Waals surface area contributed by atoms with Crippen molar-refractivity contribution in [2.24, 2.45) is 0 Å². The van der Waals surface area contributed by atoms with E-state index in [1.54, 1.807) is 30.3 Å². The summed E-state index contributed by atoms with van der Waals surface area (Å²) >= 11 is 0. The monoisotopic (exact) mass is 393 g/mol. The number of benzene rings is 2. The number of carbonyl (C=O) groups excluding carboxylic acids is 3. The van der Waals surface area contributed by atoms with E-state index in [0.29, 0.717) is 33.8 Å². The van der Waals surface area contributed by atoms with Crippen LogP contribution in [0.15, 0.2) is 36.4 Å². The smallest absolute Gasteiger partial charge is 0.261 e. The molecule has 3 amide bonds. The topological polar surface area (TPSA) is 102 Å². The highest BCUT2D eigenvalue weighted by Gasteiger charge is 2.40. The van der Waals surface area contributed by atoms with Crippen molar-refractivity contribution in [3.63, 3.8) is 0 Å². The van der Waals surface area contributed by atoms with Gasteiger partial charge in [0, 0.05) is 17.3 Å². The Kier molecular flexibility index (Phi) is 4.96. The molecule has 0 radical (unpaired) electrons. The van der Waals surface area contributed by atoms with Gasteiger partial charge in [-0.15, -0.1) is 0 Å². The van der Waals surface area contributed by atoms with E-state index in [1.165, 1.54) is 18.1 Å². The van der Waals surface area contributed by atoms with Crippen LogP contribution in [-0.2, 0) is 0 Å². The van der Waals surface area contributed by atoms with E-state index in [-0.39, 0.29) is 23.8 Å². The zero-order valence-electron chi connectivity index (χ0n) is 16.2. The minimum Gasteiger partial charge on any atom is -0.495 e. The number of nitrogen functional groups attached to an aromatic ring is 1. The Hall–Kier alpha value is -3.35. The molecule has 0 saturated heterocycles. The van der Waals surface area contributed by atoms with Gasteiger partial charge in [0.15, 0.2) is 0 Å². The van der Waals surface area contributed by atoms with Crippen LogP contribution in [0.5, 0.6) is 5.75 Å².